The third-order valence-corrected chi connectivity index (χ3v) is 4.46. The number of fused-ring (bicyclic) bond motifs is 1. The molecule has 0 saturated heterocycles. The van der Waals surface area contributed by atoms with Crippen LogP contribution in [-0.2, 0) is 17.9 Å². The molecule has 0 spiro atoms. The van der Waals surface area contributed by atoms with Crippen molar-refractivity contribution in [2.24, 2.45) is 0 Å². The Morgan fingerprint density at radius 1 is 0.933 bits per heavy atom. The standard InChI is InChI=1S/C22H16F3N3O2/c23-15-10-11-17(22(25)21(15)24)27-20(29)12-28-18-9-5-4-8-16(18)26-19(28)13-30-14-6-2-1-3-7-14/h1-11H,12-13H2,(H,27,29). The average molecular weight is 411 g/mol. The normalized spacial score (nSPS) is 10.9. The molecular weight excluding hydrogens is 395 g/mol. The van der Waals surface area contributed by atoms with Crippen molar-refractivity contribution in [3.63, 3.8) is 0 Å². The molecule has 3 aromatic carbocycles. The quantitative estimate of drug-likeness (QED) is 0.469. The zero-order chi connectivity index (χ0) is 21.1. The van der Waals surface area contributed by atoms with Crippen molar-refractivity contribution < 1.29 is 22.7 Å². The monoisotopic (exact) mass is 411 g/mol. The number of nitrogens with zero attached hydrogens (tertiary/aromatic N) is 2. The number of imidazole rings is 1. The fourth-order valence-corrected chi connectivity index (χ4v) is 3.03. The molecule has 0 bridgehead atoms. The summed E-state index contributed by atoms with van der Waals surface area (Å²) in [6, 6.07) is 18.1. The van der Waals surface area contributed by atoms with Crippen LogP contribution in [0.1, 0.15) is 5.82 Å². The van der Waals surface area contributed by atoms with Crippen LogP contribution in [0.15, 0.2) is 66.7 Å². The molecule has 1 aromatic heterocycles. The summed E-state index contributed by atoms with van der Waals surface area (Å²) in [4.78, 5) is 17.0. The first-order valence-electron chi connectivity index (χ1n) is 9.08. The molecule has 0 atom stereocenters. The van der Waals surface area contributed by atoms with E-state index in [1.54, 1.807) is 34.9 Å². The van der Waals surface area contributed by atoms with Gasteiger partial charge in [-0.15, -0.1) is 0 Å². The molecule has 4 rings (SSSR count). The van der Waals surface area contributed by atoms with Gasteiger partial charge in [-0.05, 0) is 36.4 Å². The molecule has 0 saturated carbocycles. The van der Waals surface area contributed by atoms with Crippen LogP contribution in [0.4, 0.5) is 18.9 Å². The smallest absolute Gasteiger partial charge is 0.244 e. The van der Waals surface area contributed by atoms with Gasteiger partial charge < -0.3 is 14.6 Å². The van der Waals surface area contributed by atoms with Crippen molar-refractivity contribution in [1.82, 2.24) is 9.55 Å². The van der Waals surface area contributed by atoms with Crippen LogP contribution in [0, 0.1) is 17.5 Å². The highest BCUT2D eigenvalue weighted by Gasteiger charge is 2.18. The summed E-state index contributed by atoms with van der Waals surface area (Å²) in [5, 5.41) is 2.27. The van der Waals surface area contributed by atoms with Crippen LogP contribution in [-0.4, -0.2) is 15.5 Å². The van der Waals surface area contributed by atoms with Crippen molar-refractivity contribution in [2.45, 2.75) is 13.2 Å². The second-order valence-corrected chi connectivity index (χ2v) is 6.48. The molecule has 0 aliphatic rings. The van der Waals surface area contributed by atoms with Crippen LogP contribution in [0.25, 0.3) is 11.0 Å². The second-order valence-electron chi connectivity index (χ2n) is 6.48. The van der Waals surface area contributed by atoms with E-state index in [1.807, 2.05) is 24.3 Å². The van der Waals surface area contributed by atoms with Crippen LogP contribution in [0.5, 0.6) is 5.75 Å². The van der Waals surface area contributed by atoms with Gasteiger partial charge >= 0.3 is 0 Å². The lowest BCUT2D eigenvalue weighted by molar-refractivity contribution is -0.116. The third-order valence-electron chi connectivity index (χ3n) is 4.46. The van der Waals surface area contributed by atoms with Gasteiger partial charge in [0.2, 0.25) is 5.91 Å². The van der Waals surface area contributed by atoms with Crippen molar-refractivity contribution in [3.8, 4) is 5.75 Å². The van der Waals surface area contributed by atoms with E-state index in [0.29, 0.717) is 22.6 Å². The summed E-state index contributed by atoms with van der Waals surface area (Å²) in [5.41, 5.74) is 0.909. The van der Waals surface area contributed by atoms with Gasteiger partial charge in [0, 0.05) is 0 Å². The molecule has 4 aromatic rings. The van der Waals surface area contributed by atoms with Gasteiger partial charge in [0.25, 0.3) is 0 Å². The second kappa shape index (κ2) is 8.28. The first kappa shape index (κ1) is 19.5. The van der Waals surface area contributed by atoms with Crippen LogP contribution >= 0.6 is 0 Å². The Hall–Kier alpha value is -3.81. The number of aromatic nitrogens is 2. The largest absolute Gasteiger partial charge is 0.486 e. The molecule has 1 heterocycles. The number of ether oxygens (including phenoxy) is 1. The molecule has 1 amide bonds. The fourth-order valence-electron chi connectivity index (χ4n) is 3.03. The predicted octanol–water partition coefficient (Wildman–Crippen LogP) is 4.67. The predicted molar refractivity (Wildman–Crippen MR) is 105 cm³/mol. The Bertz CT molecular complexity index is 1210. The highest BCUT2D eigenvalue weighted by molar-refractivity contribution is 5.91. The number of nitrogens with one attached hydrogen (secondary N) is 1. The van der Waals surface area contributed by atoms with Gasteiger partial charge in [0.05, 0.1) is 16.7 Å². The number of carbonyl (C=O) groups excluding carboxylic acids is 1. The number of amides is 1. The Kier molecular flexibility index (Phi) is 5.38. The minimum atomic E-state index is -1.64. The highest BCUT2D eigenvalue weighted by Crippen LogP contribution is 2.21. The third kappa shape index (κ3) is 3.98. The molecule has 30 heavy (non-hydrogen) atoms. The minimum Gasteiger partial charge on any atom is -0.486 e. The lowest BCUT2D eigenvalue weighted by Gasteiger charge is -2.12. The molecule has 0 aliphatic heterocycles. The topological polar surface area (TPSA) is 56.2 Å². The number of anilines is 1. The molecule has 152 valence electrons. The van der Waals surface area contributed by atoms with Gasteiger partial charge in [-0.25, -0.2) is 18.2 Å². The zero-order valence-electron chi connectivity index (χ0n) is 15.6. The van der Waals surface area contributed by atoms with E-state index in [9.17, 15) is 18.0 Å². The number of rotatable bonds is 6. The molecule has 0 unspecified atom stereocenters. The minimum absolute atomic E-state index is 0.103. The SMILES string of the molecule is O=C(Cn1c(COc2ccccc2)nc2ccccc21)Nc1ccc(F)c(F)c1F. The number of hydrogen-bond acceptors (Lipinski definition) is 3. The van der Waals surface area contributed by atoms with E-state index in [1.165, 1.54) is 0 Å². The number of para-hydroxylation sites is 3. The van der Waals surface area contributed by atoms with E-state index in [2.05, 4.69) is 10.3 Å². The number of carbonyl (C=O) groups is 1. The van der Waals surface area contributed by atoms with Gasteiger partial charge in [-0.1, -0.05) is 30.3 Å². The summed E-state index contributed by atoms with van der Waals surface area (Å²) in [6.45, 7) is -0.113. The maximum Gasteiger partial charge on any atom is 0.244 e. The van der Waals surface area contributed by atoms with Gasteiger partial charge in [-0.2, -0.15) is 0 Å². The van der Waals surface area contributed by atoms with E-state index < -0.39 is 29.0 Å². The summed E-state index contributed by atoms with van der Waals surface area (Å²) in [6.07, 6.45) is 0. The van der Waals surface area contributed by atoms with Gasteiger partial charge in [-0.3, -0.25) is 4.79 Å². The molecule has 0 radical (unpaired) electrons. The number of hydrogen-bond donors (Lipinski definition) is 1. The lowest BCUT2D eigenvalue weighted by Crippen LogP contribution is -2.21. The van der Waals surface area contributed by atoms with Crippen molar-refractivity contribution in [2.75, 3.05) is 5.32 Å². The highest BCUT2D eigenvalue weighted by atomic mass is 19.2. The summed E-state index contributed by atoms with van der Waals surface area (Å²) in [7, 11) is 0. The molecule has 0 aliphatic carbocycles. The van der Waals surface area contributed by atoms with E-state index >= 15 is 0 Å². The Balaban J connectivity index is 1.58. The zero-order valence-corrected chi connectivity index (χ0v) is 15.6. The van der Waals surface area contributed by atoms with Gasteiger partial charge in [0.15, 0.2) is 17.5 Å². The van der Waals surface area contributed by atoms with Crippen LogP contribution in [0.3, 0.4) is 0 Å². The molecule has 5 nitrogen and oxygen atoms in total. The average Bonchev–Trinajstić information content (AvgIpc) is 3.11. The van der Waals surface area contributed by atoms with Crippen LogP contribution < -0.4 is 10.1 Å². The lowest BCUT2D eigenvalue weighted by atomic mass is 10.2. The molecule has 0 fully saturated rings. The van der Waals surface area contributed by atoms with Gasteiger partial charge in [0.1, 0.15) is 24.7 Å². The molecular formula is C22H16F3N3O2. The maximum atomic E-state index is 13.9. The summed E-state index contributed by atoms with van der Waals surface area (Å²) < 4.78 is 47.8. The summed E-state index contributed by atoms with van der Waals surface area (Å²) in [5.74, 6) is -3.91. The van der Waals surface area contributed by atoms with Crippen molar-refractivity contribution in [3.05, 3.63) is 90.0 Å². The maximum absolute atomic E-state index is 13.9. The van der Waals surface area contributed by atoms with Crippen LogP contribution in [0.2, 0.25) is 0 Å². The van der Waals surface area contributed by atoms with E-state index in [4.69, 9.17) is 4.74 Å². The van der Waals surface area contributed by atoms with Crippen molar-refractivity contribution >= 4 is 22.6 Å². The van der Waals surface area contributed by atoms with E-state index in [-0.39, 0.29) is 13.2 Å². The summed E-state index contributed by atoms with van der Waals surface area (Å²) >= 11 is 0. The Morgan fingerprint density at radius 2 is 1.67 bits per heavy atom. The Labute approximate surface area is 169 Å². The fraction of sp³-hybridized carbons (Fsp3) is 0.0909. The van der Waals surface area contributed by atoms with Crippen molar-refractivity contribution in [1.29, 1.82) is 0 Å². The molecule has 8 heteroatoms. The Morgan fingerprint density at radius 3 is 2.47 bits per heavy atom. The first-order chi connectivity index (χ1) is 14.5. The number of benzene rings is 3. The van der Waals surface area contributed by atoms with E-state index in [0.717, 1.165) is 12.1 Å². The number of halogens is 3. The molecule has 1 N–H and O–H groups in total. The first-order valence-corrected chi connectivity index (χ1v) is 9.08.